The highest BCUT2D eigenvalue weighted by Crippen LogP contribution is 2.35. The standard InChI is InChI=1S/C38H32S2/c1-25-9-5-7-11-35(25)29-15-13-27-23-37(39-3)31(21-33(27)19-29)17-18-32-22-34-20-30(36-12-8-6-10-26(36)2)16-14-28(34)24-38(32)40-4/h5-24H,1-4H3. The van der Waals surface area contributed by atoms with Crippen LogP contribution >= 0.6 is 23.5 Å². The Bertz CT molecular complexity index is 1760. The summed E-state index contributed by atoms with van der Waals surface area (Å²) < 4.78 is 0. The topological polar surface area (TPSA) is 0 Å². The molecular formula is C38H32S2. The van der Waals surface area contributed by atoms with Crippen LogP contribution in [0, 0.1) is 13.8 Å². The molecule has 196 valence electrons. The first-order chi connectivity index (χ1) is 19.5. The van der Waals surface area contributed by atoms with Gasteiger partial charge in [0, 0.05) is 9.79 Å². The van der Waals surface area contributed by atoms with Gasteiger partial charge in [0.15, 0.2) is 0 Å². The zero-order valence-corrected chi connectivity index (χ0v) is 25.0. The van der Waals surface area contributed by atoms with E-state index in [2.05, 4.69) is 148 Å². The second-order valence-corrected chi connectivity index (χ2v) is 12.0. The van der Waals surface area contributed by atoms with Crippen molar-refractivity contribution in [2.75, 3.05) is 12.5 Å². The van der Waals surface area contributed by atoms with Crippen LogP contribution in [0.3, 0.4) is 0 Å². The Hall–Kier alpha value is -3.72. The summed E-state index contributed by atoms with van der Waals surface area (Å²) in [5.41, 5.74) is 10.2. The lowest BCUT2D eigenvalue weighted by Gasteiger charge is -2.11. The Morgan fingerprint density at radius 2 is 0.875 bits per heavy atom. The van der Waals surface area contributed by atoms with Crippen LogP contribution in [0.5, 0.6) is 0 Å². The van der Waals surface area contributed by atoms with Crippen molar-refractivity contribution in [3.8, 4) is 22.3 Å². The lowest BCUT2D eigenvalue weighted by atomic mass is 9.96. The largest absolute Gasteiger partial charge is 0.129 e. The Morgan fingerprint density at radius 3 is 1.27 bits per heavy atom. The maximum absolute atomic E-state index is 2.34. The molecule has 0 atom stereocenters. The SMILES string of the molecule is CSc1cc2ccc(-c3ccccc3C)cc2cc1C=Cc1cc2cc(-c3ccccc3C)ccc2cc1SC. The first-order valence-corrected chi connectivity index (χ1v) is 16.0. The zero-order valence-electron chi connectivity index (χ0n) is 23.4. The number of aryl methyl sites for hydroxylation is 2. The second kappa shape index (κ2) is 11.4. The van der Waals surface area contributed by atoms with Gasteiger partial charge >= 0.3 is 0 Å². The van der Waals surface area contributed by atoms with Crippen LogP contribution in [0.1, 0.15) is 22.3 Å². The van der Waals surface area contributed by atoms with Crippen LogP contribution < -0.4 is 0 Å². The molecule has 0 saturated carbocycles. The summed E-state index contributed by atoms with van der Waals surface area (Å²) in [5, 5.41) is 5.09. The Labute approximate surface area is 246 Å². The van der Waals surface area contributed by atoms with Crippen LogP contribution in [0.2, 0.25) is 0 Å². The number of benzene rings is 6. The van der Waals surface area contributed by atoms with Crippen LogP contribution in [-0.2, 0) is 0 Å². The fourth-order valence-corrected chi connectivity index (χ4v) is 6.73. The van der Waals surface area contributed by atoms with Gasteiger partial charge in [-0.05, 0) is 129 Å². The van der Waals surface area contributed by atoms with Crippen molar-refractivity contribution >= 4 is 57.2 Å². The molecule has 0 nitrogen and oxygen atoms in total. The average molecular weight is 553 g/mol. The Balaban J connectivity index is 1.42. The highest BCUT2D eigenvalue weighted by Gasteiger charge is 2.09. The minimum Gasteiger partial charge on any atom is -0.129 e. The molecule has 0 N–H and O–H groups in total. The molecule has 6 rings (SSSR count). The molecule has 0 aliphatic rings. The average Bonchev–Trinajstić information content (AvgIpc) is 2.99. The highest BCUT2D eigenvalue weighted by atomic mass is 32.2. The third-order valence-electron chi connectivity index (χ3n) is 7.73. The van der Waals surface area contributed by atoms with E-state index in [4.69, 9.17) is 0 Å². The lowest BCUT2D eigenvalue weighted by Crippen LogP contribution is -1.87. The molecule has 0 bridgehead atoms. The number of hydrogen-bond acceptors (Lipinski definition) is 2. The van der Waals surface area contributed by atoms with Crippen molar-refractivity contribution in [2.24, 2.45) is 0 Å². The molecule has 0 aliphatic heterocycles. The third kappa shape index (κ3) is 5.22. The number of thioether (sulfide) groups is 2. The monoisotopic (exact) mass is 552 g/mol. The van der Waals surface area contributed by atoms with E-state index in [-0.39, 0.29) is 0 Å². The van der Waals surface area contributed by atoms with E-state index in [1.165, 1.54) is 75.8 Å². The van der Waals surface area contributed by atoms with Crippen molar-refractivity contribution < 1.29 is 0 Å². The van der Waals surface area contributed by atoms with E-state index in [0.29, 0.717) is 0 Å². The summed E-state index contributed by atoms with van der Waals surface area (Å²) in [6.07, 6.45) is 8.91. The van der Waals surface area contributed by atoms with Crippen LogP contribution in [0.25, 0.3) is 56.0 Å². The summed E-state index contributed by atoms with van der Waals surface area (Å²) in [6.45, 7) is 4.36. The van der Waals surface area contributed by atoms with E-state index in [9.17, 15) is 0 Å². The minimum absolute atomic E-state index is 1.25. The molecule has 0 aliphatic carbocycles. The lowest BCUT2D eigenvalue weighted by molar-refractivity contribution is 1.44. The molecule has 6 aromatic carbocycles. The molecular weight excluding hydrogens is 521 g/mol. The molecule has 0 amide bonds. The molecule has 0 radical (unpaired) electrons. The molecule has 0 heterocycles. The molecule has 2 heteroatoms. The quantitative estimate of drug-likeness (QED) is 0.149. The van der Waals surface area contributed by atoms with E-state index in [1.54, 1.807) is 23.5 Å². The third-order valence-corrected chi connectivity index (χ3v) is 9.32. The molecule has 0 aromatic heterocycles. The smallest absolute Gasteiger partial charge is 0.0148 e. The van der Waals surface area contributed by atoms with Crippen molar-refractivity contribution in [3.05, 3.63) is 131 Å². The van der Waals surface area contributed by atoms with Crippen molar-refractivity contribution in [1.82, 2.24) is 0 Å². The summed E-state index contributed by atoms with van der Waals surface area (Å²) in [7, 11) is 0. The van der Waals surface area contributed by atoms with Gasteiger partial charge in [0.05, 0.1) is 0 Å². The van der Waals surface area contributed by atoms with Gasteiger partial charge in [0.2, 0.25) is 0 Å². The number of fused-ring (bicyclic) bond motifs is 2. The Kier molecular flexibility index (Phi) is 7.56. The maximum atomic E-state index is 2.34. The molecule has 0 saturated heterocycles. The number of hydrogen-bond donors (Lipinski definition) is 0. The van der Waals surface area contributed by atoms with Crippen molar-refractivity contribution in [2.45, 2.75) is 23.6 Å². The summed E-state index contributed by atoms with van der Waals surface area (Å²) >= 11 is 3.61. The van der Waals surface area contributed by atoms with Gasteiger partial charge in [-0.3, -0.25) is 0 Å². The minimum atomic E-state index is 1.25. The normalized spacial score (nSPS) is 11.6. The molecule has 6 aromatic rings. The highest BCUT2D eigenvalue weighted by molar-refractivity contribution is 7.99. The number of rotatable bonds is 6. The zero-order chi connectivity index (χ0) is 27.6. The first kappa shape index (κ1) is 26.5. The second-order valence-electron chi connectivity index (χ2n) is 10.3. The van der Waals surface area contributed by atoms with E-state index in [0.717, 1.165) is 0 Å². The molecule has 0 unspecified atom stereocenters. The predicted molar refractivity (Wildman–Crippen MR) is 181 cm³/mol. The van der Waals surface area contributed by atoms with Gasteiger partial charge in [-0.1, -0.05) is 84.9 Å². The maximum Gasteiger partial charge on any atom is 0.0148 e. The fourth-order valence-electron chi connectivity index (χ4n) is 5.51. The van der Waals surface area contributed by atoms with Gasteiger partial charge < -0.3 is 0 Å². The van der Waals surface area contributed by atoms with Crippen LogP contribution in [0.4, 0.5) is 0 Å². The van der Waals surface area contributed by atoms with Gasteiger partial charge in [-0.2, -0.15) is 0 Å². The summed E-state index contributed by atoms with van der Waals surface area (Å²) in [5.74, 6) is 0. The predicted octanol–water partition coefficient (Wildman–Crippen LogP) is 11.6. The Morgan fingerprint density at radius 1 is 0.450 bits per heavy atom. The van der Waals surface area contributed by atoms with Crippen molar-refractivity contribution in [1.29, 1.82) is 0 Å². The molecule has 40 heavy (non-hydrogen) atoms. The van der Waals surface area contributed by atoms with Crippen LogP contribution in [-0.4, -0.2) is 12.5 Å². The van der Waals surface area contributed by atoms with Crippen molar-refractivity contribution in [3.63, 3.8) is 0 Å². The summed E-state index contributed by atoms with van der Waals surface area (Å²) in [4.78, 5) is 2.58. The van der Waals surface area contributed by atoms with Gasteiger partial charge in [-0.25, -0.2) is 0 Å². The van der Waals surface area contributed by atoms with Gasteiger partial charge in [0.1, 0.15) is 0 Å². The van der Waals surface area contributed by atoms with Gasteiger partial charge in [-0.15, -0.1) is 23.5 Å². The van der Waals surface area contributed by atoms with E-state index in [1.807, 2.05) is 0 Å². The van der Waals surface area contributed by atoms with Crippen LogP contribution in [0.15, 0.2) is 119 Å². The van der Waals surface area contributed by atoms with E-state index < -0.39 is 0 Å². The first-order valence-electron chi connectivity index (χ1n) is 13.6. The molecule has 0 fully saturated rings. The fraction of sp³-hybridized carbons (Fsp3) is 0.105. The summed E-state index contributed by atoms with van der Waals surface area (Å²) in [6, 6.07) is 40.2. The van der Waals surface area contributed by atoms with Gasteiger partial charge in [0.25, 0.3) is 0 Å². The molecule has 0 spiro atoms. The van der Waals surface area contributed by atoms with E-state index >= 15 is 0 Å².